The summed E-state index contributed by atoms with van der Waals surface area (Å²) in [5.41, 5.74) is 0.192. The van der Waals surface area contributed by atoms with Crippen molar-refractivity contribution in [2.75, 3.05) is 6.54 Å². The molecular weight excluding hydrogens is 266 g/mol. The summed E-state index contributed by atoms with van der Waals surface area (Å²) in [5.74, 6) is -0.305. The molecule has 0 saturated heterocycles. The van der Waals surface area contributed by atoms with Crippen molar-refractivity contribution < 1.29 is 9.59 Å². The van der Waals surface area contributed by atoms with Crippen LogP contribution in [0.3, 0.4) is 0 Å². The maximum absolute atomic E-state index is 11.7. The molecule has 104 valence electrons. The SMILES string of the molecule is CC(C)C(C)NC(=O)CNC(=O)c1cc(Cl)ccn1. The molecule has 2 N–H and O–H groups in total. The molecule has 2 amide bonds. The van der Waals surface area contributed by atoms with E-state index in [1.54, 1.807) is 6.07 Å². The van der Waals surface area contributed by atoms with Crippen molar-refractivity contribution in [3.8, 4) is 0 Å². The third-order valence-corrected chi connectivity index (χ3v) is 2.99. The zero-order valence-corrected chi connectivity index (χ0v) is 12.0. The van der Waals surface area contributed by atoms with Crippen molar-refractivity contribution in [2.45, 2.75) is 26.8 Å². The second-order valence-electron chi connectivity index (χ2n) is 4.64. The fourth-order valence-electron chi connectivity index (χ4n) is 1.25. The third kappa shape index (κ3) is 5.26. The van der Waals surface area contributed by atoms with Crippen LogP contribution in [-0.4, -0.2) is 29.4 Å². The summed E-state index contributed by atoms with van der Waals surface area (Å²) in [5, 5.41) is 5.72. The van der Waals surface area contributed by atoms with Crippen LogP contribution in [0.5, 0.6) is 0 Å². The number of rotatable bonds is 5. The first-order valence-corrected chi connectivity index (χ1v) is 6.47. The van der Waals surface area contributed by atoms with Crippen LogP contribution in [0.2, 0.25) is 5.02 Å². The molecule has 0 fully saturated rings. The van der Waals surface area contributed by atoms with E-state index in [9.17, 15) is 9.59 Å². The molecule has 5 nitrogen and oxygen atoms in total. The minimum absolute atomic E-state index is 0.0636. The van der Waals surface area contributed by atoms with Crippen LogP contribution < -0.4 is 10.6 Å². The van der Waals surface area contributed by atoms with Gasteiger partial charge in [-0.25, -0.2) is 0 Å². The smallest absolute Gasteiger partial charge is 0.270 e. The van der Waals surface area contributed by atoms with Crippen LogP contribution in [0.25, 0.3) is 0 Å². The summed E-state index contributed by atoms with van der Waals surface area (Å²) in [7, 11) is 0. The molecule has 0 saturated carbocycles. The number of carbonyl (C=O) groups is 2. The molecule has 0 aliphatic rings. The first-order valence-electron chi connectivity index (χ1n) is 6.09. The summed E-state index contributed by atoms with van der Waals surface area (Å²) in [6.45, 7) is 5.87. The molecule has 6 heteroatoms. The van der Waals surface area contributed by atoms with Gasteiger partial charge < -0.3 is 10.6 Å². The zero-order chi connectivity index (χ0) is 14.4. The van der Waals surface area contributed by atoms with Crippen LogP contribution in [0.1, 0.15) is 31.3 Å². The highest BCUT2D eigenvalue weighted by Gasteiger charge is 2.13. The van der Waals surface area contributed by atoms with Gasteiger partial charge >= 0.3 is 0 Å². The number of amides is 2. The molecule has 0 bridgehead atoms. The number of pyridine rings is 1. The van der Waals surface area contributed by atoms with E-state index in [-0.39, 0.29) is 24.2 Å². The Kier molecular flexibility index (Phi) is 5.76. The van der Waals surface area contributed by atoms with Gasteiger partial charge in [0.2, 0.25) is 5.91 Å². The Morgan fingerprint density at radius 1 is 1.37 bits per heavy atom. The molecule has 0 aliphatic carbocycles. The van der Waals surface area contributed by atoms with E-state index >= 15 is 0 Å². The number of hydrogen-bond acceptors (Lipinski definition) is 3. The minimum Gasteiger partial charge on any atom is -0.352 e. The fourth-order valence-corrected chi connectivity index (χ4v) is 1.41. The molecular formula is C13H18ClN3O2. The van der Waals surface area contributed by atoms with Crippen LogP contribution in [-0.2, 0) is 4.79 Å². The molecule has 19 heavy (non-hydrogen) atoms. The molecule has 0 spiro atoms. The molecule has 1 aromatic heterocycles. The Morgan fingerprint density at radius 2 is 2.05 bits per heavy atom. The minimum atomic E-state index is -0.421. The van der Waals surface area contributed by atoms with Crippen molar-refractivity contribution in [1.29, 1.82) is 0 Å². The van der Waals surface area contributed by atoms with Crippen LogP contribution in [0, 0.1) is 5.92 Å². The van der Waals surface area contributed by atoms with E-state index in [4.69, 9.17) is 11.6 Å². The Hall–Kier alpha value is -1.62. The van der Waals surface area contributed by atoms with Crippen molar-refractivity contribution in [3.63, 3.8) is 0 Å². The average molecular weight is 284 g/mol. The maximum atomic E-state index is 11.7. The van der Waals surface area contributed by atoms with Gasteiger partial charge in [0.05, 0.1) is 6.54 Å². The lowest BCUT2D eigenvalue weighted by Gasteiger charge is -2.17. The lowest BCUT2D eigenvalue weighted by Crippen LogP contribution is -2.42. The average Bonchev–Trinajstić information content (AvgIpc) is 2.35. The highest BCUT2D eigenvalue weighted by molar-refractivity contribution is 6.30. The maximum Gasteiger partial charge on any atom is 0.270 e. The van der Waals surface area contributed by atoms with E-state index in [0.717, 1.165) is 0 Å². The highest BCUT2D eigenvalue weighted by atomic mass is 35.5. The first-order chi connectivity index (χ1) is 8.90. The van der Waals surface area contributed by atoms with Crippen LogP contribution >= 0.6 is 11.6 Å². The van der Waals surface area contributed by atoms with E-state index < -0.39 is 5.91 Å². The quantitative estimate of drug-likeness (QED) is 0.863. The monoisotopic (exact) mass is 283 g/mol. The first kappa shape index (κ1) is 15.4. The highest BCUT2D eigenvalue weighted by Crippen LogP contribution is 2.07. The lowest BCUT2D eigenvalue weighted by atomic mass is 10.1. The molecule has 0 aromatic carbocycles. The van der Waals surface area contributed by atoms with E-state index in [1.165, 1.54) is 12.3 Å². The van der Waals surface area contributed by atoms with Crippen molar-refractivity contribution in [3.05, 3.63) is 29.0 Å². The fraction of sp³-hybridized carbons (Fsp3) is 0.462. The van der Waals surface area contributed by atoms with E-state index in [2.05, 4.69) is 15.6 Å². The van der Waals surface area contributed by atoms with Gasteiger partial charge in [0.15, 0.2) is 0 Å². The number of nitrogens with zero attached hydrogens (tertiary/aromatic N) is 1. The molecule has 1 aromatic rings. The van der Waals surface area contributed by atoms with Crippen molar-refractivity contribution >= 4 is 23.4 Å². The van der Waals surface area contributed by atoms with E-state index in [1.807, 2.05) is 20.8 Å². The Morgan fingerprint density at radius 3 is 2.63 bits per heavy atom. The summed E-state index contributed by atoms with van der Waals surface area (Å²) < 4.78 is 0. The topological polar surface area (TPSA) is 71.1 Å². The molecule has 0 radical (unpaired) electrons. The molecule has 0 aliphatic heterocycles. The Balaban J connectivity index is 2.44. The Labute approximate surface area is 117 Å². The van der Waals surface area contributed by atoms with Gasteiger partial charge in [-0.3, -0.25) is 14.6 Å². The predicted molar refractivity (Wildman–Crippen MR) is 74.0 cm³/mol. The number of nitrogens with one attached hydrogen (secondary N) is 2. The van der Waals surface area contributed by atoms with E-state index in [0.29, 0.717) is 10.9 Å². The van der Waals surface area contributed by atoms with Crippen LogP contribution in [0.4, 0.5) is 0 Å². The zero-order valence-electron chi connectivity index (χ0n) is 11.2. The molecule has 1 atom stereocenters. The lowest BCUT2D eigenvalue weighted by molar-refractivity contribution is -0.121. The third-order valence-electron chi connectivity index (χ3n) is 2.75. The molecule has 1 rings (SSSR count). The standard InChI is InChI=1S/C13H18ClN3O2/c1-8(2)9(3)17-12(18)7-16-13(19)11-6-10(14)4-5-15-11/h4-6,8-9H,7H2,1-3H3,(H,16,19)(H,17,18). The van der Waals surface area contributed by atoms with Gasteiger partial charge in [0.25, 0.3) is 5.91 Å². The van der Waals surface area contributed by atoms with Crippen molar-refractivity contribution in [1.82, 2.24) is 15.6 Å². The second-order valence-corrected chi connectivity index (χ2v) is 5.08. The summed E-state index contributed by atoms with van der Waals surface area (Å²) in [4.78, 5) is 27.2. The van der Waals surface area contributed by atoms with Gasteiger partial charge in [0, 0.05) is 17.3 Å². The van der Waals surface area contributed by atoms with Gasteiger partial charge in [0.1, 0.15) is 5.69 Å². The second kappa shape index (κ2) is 7.09. The molecule has 1 unspecified atom stereocenters. The number of hydrogen-bond donors (Lipinski definition) is 2. The summed E-state index contributed by atoms with van der Waals surface area (Å²) in [6.07, 6.45) is 1.44. The number of halogens is 1. The van der Waals surface area contributed by atoms with Gasteiger partial charge in [-0.1, -0.05) is 25.4 Å². The van der Waals surface area contributed by atoms with Gasteiger partial charge in [-0.15, -0.1) is 0 Å². The van der Waals surface area contributed by atoms with Crippen molar-refractivity contribution in [2.24, 2.45) is 5.92 Å². The summed E-state index contributed by atoms with van der Waals surface area (Å²) in [6, 6.07) is 3.09. The largest absolute Gasteiger partial charge is 0.352 e. The normalized spacial score (nSPS) is 12.1. The molecule has 1 heterocycles. The van der Waals surface area contributed by atoms with Crippen LogP contribution in [0.15, 0.2) is 18.3 Å². The number of aromatic nitrogens is 1. The van der Waals surface area contributed by atoms with Gasteiger partial charge in [-0.05, 0) is 25.0 Å². The summed E-state index contributed by atoms with van der Waals surface area (Å²) >= 11 is 5.76. The number of carbonyl (C=O) groups excluding carboxylic acids is 2. The van der Waals surface area contributed by atoms with Gasteiger partial charge in [-0.2, -0.15) is 0 Å². The Bertz CT molecular complexity index is 463. The predicted octanol–water partition coefficient (Wildman–Crippen LogP) is 1.63.